The Morgan fingerprint density at radius 1 is 1.64 bits per heavy atom. The summed E-state index contributed by atoms with van der Waals surface area (Å²) in [6, 6.07) is 0.495. The van der Waals surface area contributed by atoms with E-state index in [-0.39, 0.29) is 5.54 Å². The van der Waals surface area contributed by atoms with Crippen molar-refractivity contribution in [3.63, 3.8) is 0 Å². The van der Waals surface area contributed by atoms with Gasteiger partial charge in [-0.25, -0.2) is 0 Å². The molecule has 2 saturated heterocycles. The molecule has 0 aliphatic carbocycles. The third-order valence-corrected chi connectivity index (χ3v) is 3.16. The summed E-state index contributed by atoms with van der Waals surface area (Å²) in [5, 5.41) is 0. The minimum Gasteiger partial charge on any atom is -0.334 e. The fourth-order valence-electron chi connectivity index (χ4n) is 2.60. The second-order valence-electron chi connectivity index (χ2n) is 4.18. The number of carbonyl (C=O) groups excluding carboxylic acids is 1. The lowest BCUT2D eigenvalue weighted by Gasteiger charge is -2.56. The first kappa shape index (κ1) is 7.14. The number of hydrogen-bond acceptors (Lipinski definition) is 1. The van der Waals surface area contributed by atoms with Crippen LogP contribution >= 0.6 is 0 Å². The number of amides is 1. The fraction of sp³-hybridized carbons (Fsp3) is 0.889. The molecule has 2 atom stereocenters. The molecular formula is C9H15NO. The van der Waals surface area contributed by atoms with Crippen LogP contribution in [0.25, 0.3) is 0 Å². The molecule has 0 spiro atoms. The Kier molecular flexibility index (Phi) is 1.29. The van der Waals surface area contributed by atoms with E-state index in [1.54, 1.807) is 0 Å². The van der Waals surface area contributed by atoms with Crippen LogP contribution < -0.4 is 0 Å². The highest BCUT2D eigenvalue weighted by Gasteiger charge is 2.50. The van der Waals surface area contributed by atoms with Gasteiger partial charge in [0.15, 0.2) is 0 Å². The van der Waals surface area contributed by atoms with Crippen molar-refractivity contribution in [2.75, 3.05) is 0 Å². The van der Waals surface area contributed by atoms with Crippen molar-refractivity contribution < 1.29 is 4.79 Å². The fourth-order valence-corrected chi connectivity index (χ4v) is 2.60. The molecule has 2 fully saturated rings. The van der Waals surface area contributed by atoms with Gasteiger partial charge < -0.3 is 4.90 Å². The summed E-state index contributed by atoms with van der Waals surface area (Å²) in [7, 11) is 0. The molecule has 2 nitrogen and oxygen atoms in total. The van der Waals surface area contributed by atoms with Crippen LogP contribution in [0.3, 0.4) is 0 Å². The Bertz CT molecular complexity index is 202. The second kappa shape index (κ2) is 1.99. The van der Waals surface area contributed by atoms with E-state index in [0.717, 1.165) is 6.42 Å². The van der Waals surface area contributed by atoms with Crippen molar-refractivity contribution in [3.05, 3.63) is 0 Å². The zero-order chi connectivity index (χ0) is 8.06. The summed E-state index contributed by atoms with van der Waals surface area (Å²) in [5.41, 5.74) is 0.245. The van der Waals surface area contributed by atoms with Crippen LogP contribution in [0.4, 0.5) is 0 Å². The average molecular weight is 153 g/mol. The maximum absolute atomic E-state index is 11.2. The topological polar surface area (TPSA) is 20.3 Å². The van der Waals surface area contributed by atoms with Crippen LogP contribution in [0.1, 0.15) is 39.5 Å². The lowest BCUT2D eigenvalue weighted by molar-refractivity contribution is -0.165. The molecule has 62 valence electrons. The number of carbonyl (C=O) groups is 1. The van der Waals surface area contributed by atoms with Crippen LogP contribution in [0.5, 0.6) is 0 Å². The van der Waals surface area contributed by atoms with Gasteiger partial charge in [0.2, 0.25) is 5.91 Å². The van der Waals surface area contributed by atoms with Crippen LogP contribution in [0.2, 0.25) is 0 Å². The number of β-lactam (4-membered cyclic amide) rings is 1. The number of fused-ring (bicyclic) bond motifs is 1. The van der Waals surface area contributed by atoms with Crippen molar-refractivity contribution in [3.8, 4) is 0 Å². The van der Waals surface area contributed by atoms with Gasteiger partial charge in [-0.2, -0.15) is 0 Å². The summed E-state index contributed by atoms with van der Waals surface area (Å²) >= 11 is 0. The zero-order valence-electron chi connectivity index (χ0n) is 7.26. The maximum atomic E-state index is 11.2. The Hall–Kier alpha value is -0.530. The van der Waals surface area contributed by atoms with E-state index in [1.165, 1.54) is 19.3 Å². The Labute approximate surface area is 67.6 Å². The van der Waals surface area contributed by atoms with Gasteiger partial charge >= 0.3 is 0 Å². The summed E-state index contributed by atoms with van der Waals surface area (Å²) in [6.45, 7) is 4.37. The van der Waals surface area contributed by atoms with Crippen LogP contribution in [-0.4, -0.2) is 22.4 Å². The standard InChI is InChI=1S/C9H15NO/c1-7-4-3-5-9(2)6-8(11)10(7)9/h7H,3-6H2,1-2H3/t7-,9+/m0/s1. The summed E-state index contributed by atoms with van der Waals surface area (Å²) in [4.78, 5) is 13.3. The van der Waals surface area contributed by atoms with Gasteiger partial charge in [-0.1, -0.05) is 0 Å². The highest BCUT2D eigenvalue weighted by atomic mass is 16.2. The van der Waals surface area contributed by atoms with Gasteiger partial charge in [0.05, 0.1) is 0 Å². The van der Waals surface area contributed by atoms with Crippen molar-refractivity contribution in [2.45, 2.75) is 51.1 Å². The van der Waals surface area contributed by atoms with E-state index in [2.05, 4.69) is 18.7 Å². The third-order valence-electron chi connectivity index (χ3n) is 3.16. The van der Waals surface area contributed by atoms with Gasteiger partial charge in [-0.05, 0) is 33.1 Å². The molecule has 2 heterocycles. The predicted octanol–water partition coefficient (Wildman–Crippen LogP) is 1.55. The van der Waals surface area contributed by atoms with Crippen LogP contribution in [-0.2, 0) is 4.79 Å². The van der Waals surface area contributed by atoms with Crippen molar-refractivity contribution in [2.24, 2.45) is 0 Å². The molecular weight excluding hydrogens is 138 g/mol. The quantitative estimate of drug-likeness (QED) is 0.483. The van der Waals surface area contributed by atoms with Gasteiger partial charge in [-0.3, -0.25) is 4.79 Å². The number of rotatable bonds is 0. The molecule has 0 aromatic rings. The first-order valence-electron chi connectivity index (χ1n) is 4.46. The molecule has 0 aromatic heterocycles. The molecule has 0 aromatic carbocycles. The normalized spacial score (nSPS) is 43.3. The molecule has 2 heteroatoms. The maximum Gasteiger partial charge on any atom is 0.225 e. The number of piperidine rings is 1. The molecule has 0 saturated carbocycles. The molecule has 0 unspecified atom stereocenters. The van der Waals surface area contributed by atoms with E-state index in [1.807, 2.05) is 0 Å². The van der Waals surface area contributed by atoms with E-state index in [0.29, 0.717) is 11.9 Å². The Morgan fingerprint density at radius 2 is 2.36 bits per heavy atom. The molecule has 2 aliphatic heterocycles. The molecule has 2 aliphatic rings. The molecule has 0 bridgehead atoms. The van der Waals surface area contributed by atoms with Crippen molar-refractivity contribution in [1.29, 1.82) is 0 Å². The summed E-state index contributed by atoms with van der Waals surface area (Å²) < 4.78 is 0. The zero-order valence-corrected chi connectivity index (χ0v) is 7.26. The first-order valence-corrected chi connectivity index (χ1v) is 4.46. The lowest BCUT2D eigenvalue weighted by atomic mass is 9.75. The van der Waals surface area contributed by atoms with Crippen molar-refractivity contribution in [1.82, 2.24) is 4.90 Å². The Morgan fingerprint density at radius 3 is 2.82 bits per heavy atom. The average Bonchev–Trinajstić information content (AvgIpc) is 1.84. The first-order chi connectivity index (χ1) is 5.13. The number of hydrogen-bond donors (Lipinski definition) is 0. The Balaban J connectivity index is 2.18. The van der Waals surface area contributed by atoms with E-state index in [4.69, 9.17) is 0 Å². The van der Waals surface area contributed by atoms with Gasteiger partial charge in [0, 0.05) is 18.0 Å². The molecule has 2 rings (SSSR count). The van der Waals surface area contributed by atoms with E-state index >= 15 is 0 Å². The minimum atomic E-state index is 0.245. The number of nitrogens with zero attached hydrogens (tertiary/aromatic N) is 1. The third kappa shape index (κ3) is 0.815. The van der Waals surface area contributed by atoms with E-state index < -0.39 is 0 Å². The van der Waals surface area contributed by atoms with Crippen LogP contribution in [0, 0.1) is 0 Å². The molecule has 1 amide bonds. The lowest BCUT2D eigenvalue weighted by Crippen LogP contribution is -2.66. The monoisotopic (exact) mass is 153 g/mol. The van der Waals surface area contributed by atoms with Gasteiger partial charge in [0.25, 0.3) is 0 Å². The highest BCUT2D eigenvalue weighted by molar-refractivity contribution is 5.85. The van der Waals surface area contributed by atoms with Crippen LogP contribution in [0.15, 0.2) is 0 Å². The highest BCUT2D eigenvalue weighted by Crippen LogP contribution is 2.42. The van der Waals surface area contributed by atoms with Gasteiger partial charge in [-0.15, -0.1) is 0 Å². The SMILES string of the molecule is C[C@H]1CCC[C@]2(C)CC(=O)N12. The summed E-state index contributed by atoms with van der Waals surface area (Å²) in [6.07, 6.45) is 4.49. The van der Waals surface area contributed by atoms with E-state index in [9.17, 15) is 4.79 Å². The molecule has 0 radical (unpaired) electrons. The van der Waals surface area contributed by atoms with Crippen molar-refractivity contribution >= 4 is 5.91 Å². The molecule has 11 heavy (non-hydrogen) atoms. The summed E-state index contributed by atoms with van der Waals surface area (Å²) in [5.74, 6) is 0.361. The van der Waals surface area contributed by atoms with Gasteiger partial charge in [0.1, 0.15) is 0 Å². The predicted molar refractivity (Wildman–Crippen MR) is 43.2 cm³/mol. The minimum absolute atomic E-state index is 0.245. The molecule has 0 N–H and O–H groups in total. The largest absolute Gasteiger partial charge is 0.334 e. The smallest absolute Gasteiger partial charge is 0.225 e. The second-order valence-corrected chi connectivity index (χ2v) is 4.18.